The van der Waals surface area contributed by atoms with Gasteiger partial charge in [-0.15, -0.1) is 0 Å². The third-order valence-corrected chi connectivity index (χ3v) is 4.76. The zero-order valence-electron chi connectivity index (χ0n) is 16.8. The van der Waals surface area contributed by atoms with Gasteiger partial charge in [-0.3, -0.25) is 9.89 Å². The van der Waals surface area contributed by atoms with E-state index in [1.165, 1.54) is 0 Å². The number of aryl methyl sites for hydroxylation is 1. The summed E-state index contributed by atoms with van der Waals surface area (Å²) >= 11 is 0. The summed E-state index contributed by atoms with van der Waals surface area (Å²) in [6, 6.07) is 8.08. The molecule has 2 N–H and O–H groups in total. The molecule has 0 amide bonds. The average molecular weight is 363 g/mol. The van der Waals surface area contributed by atoms with Crippen LogP contribution in [0.5, 0.6) is 5.75 Å². The number of rotatable bonds is 7. The van der Waals surface area contributed by atoms with Gasteiger partial charge in [-0.25, -0.2) is 0 Å². The van der Waals surface area contributed by atoms with Gasteiger partial charge in [0.05, 0.1) is 19.8 Å². The molecule has 0 aliphatic carbocycles. The molecule has 6 nitrogen and oxygen atoms in total. The molecule has 1 aromatic rings. The fourth-order valence-corrected chi connectivity index (χ4v) is 2.99. The van der Waals surface area contributed by atoms with Crippen LogP contribution in [0.2, 0.25) is 0 Å². The quantitative estimate of drug-likeness (QED) is 0.574. The highest BCUT2D eigenvalue weighted by molar-refractivity contribution is 5.79. The molecule has 1 aliphatic rings. The van der Waals surface area contributed by atoms with E-state index in [2.05, 4.69) is 54.3 Å². The van der Waals surface area contributed by atoms with E-state index in [4.69, 9.17) is 9.47 Å². The van der Waals surface area contributed by atoms with Gasteiger partial charge in [0.2, 0.25) is 0 Å². The number of hydrogen-bond acceptors (Lipinski definition) is 4. The number of nitrogens with zero attached hydrogens (tertiary/aromatic N) is 2. The lowest BCUT2D eigenvalue weighted by atomic mass is 10.0. The van der Waals surface area contributed by atoms with Crippen molar-refractivity contribution in [2.75, 3.05) is 46.4 Å². The van der Waals surface area contributed by atoms with Gasteiger partial charge in [-0.2, -0.15) is 0 Å². The predicted molar refractivity (Wildman–Crippen MR) is 107 cm³/mol. The highest BCUT2D eigenvalue weighted by Crippen LogP contribution is 2.17. The van der Waals surface area contributed by atoms with Gasteiger partial charge < -0.3 is 20.1 Å². The summed E-state index contributed by atoms with van der Waals surface area (Å²) in [4.78, 5) is 6.79. The van der Waals surface area contributed by atoms with E-state index < -0.39 is 0 Å². The van der Waals surface area contributed by atoms with Gasteiger partial charge in [0.15, 0.2) is 5.96 Å². The number of ether oxygens (including phenoxy) is 2. The van der Waals surface area contributed by atoms with Gasteiger partial charge in [-0.05, 0) is 39.3 Å². The number of nitrogens with one attached hydrogen (secondary N) is 2. The minimum Gasteiger partial charge on any atom is -0.489 e. The molecule has 1 atom stereocenters. The van der Waals surface area contributed by atoms with Crippen molar-refractivity contribution in [1.82, 2.24) is 15.5 Å². The summed E-state index contributed by atoms with van der Waals surface area (Å²) in [7, 11) is 1.80. The maximum absolute atomic E-state index is 6.01. The minimum atomic E-state index is 0.0434. The van der Waals surface area contributed by atoms with E-state index >= 15 is 0 Å². The molecule has 2 rings (SSSR count). The molecule has 146 valence electrons. The van der Waals surface area contributed by atoms with E-state index in [-0.39, 0.29) is 11.6 Å². The lowest BCUT2D eigenvalue weighted by Crippen LogP contribution is -2.56. The summed E-state index contributed by atoms with van der Waals surface area (Å²) < 4.78 is 11.5. The highest BCUT2D eigenvalue weighted by atomic mass is 16.5. The van der Waals surface area contributed by atoms with E-state index in [1.807, 2.05) is 18.2 Å². The van der Waals surface area contributed by atoms with Gasteiger partial charge in [-0.1, -0.05) is 18.2 Å². The molecule has 1 fully saturated rings. The Morgan fingerprint density at radius 2 is 1.96 bits per heavy atom. The first-order valence-electron chi connectivity index (χ1n) is 9.42. The topological polar surface area (TPSA) is 58.1 Å². The van der Waals surface area contributed by atoms with E-state index in [0.717, 1.165) is 50.1 Å². The van der Waals surface area contributed by atoms with E-state index in [1.54, 1.807) is 7.05 Å². The van der Waals surface area contributed by atoms with E-state index in [9.17, 15) is 0 Å². The smallest absolute Gasteiger partial charge is 0.191 e. The Balaban J connectivity index is 1.77. The van der Waals surface area contributed by atoms with E-state index in [0.29, 0.717) is 6.54 Å². The first-order valence-corrected chi connectivity index (χ1v) is 9.42. The molecule has 0 aromatic heterocycles. The summed E-state index contributed by atoms with van der Waals surface area (Å²) in [6.07, 6.45) is 0.0434. The van der Waals surface area contributed by atoms with Crippen molar-refractivity contribution in [3.05, 3.63) is 29.8 Å². The van der Waals surface area contributed by atoms with Crippen LogP contribution in [0.15, 0.2) is 29.3 Å². The second-order valence-corrected chi connectivity index (χ2v) is 7.41. The van der Waals surface area contributed by atoms with Crippen LogP contribution >= 0.6 is 0 Å². The van der Waals surface area contributed by atoms with Gasteiger partial charge in [0.1, 0.15) is 11.9 Å². The fourth-order valence-electron chi connectivity index (χ4n) is 2.99. The molecule has 0 spiro atoms. The molecule has 1 aliphatic heterocycles. The molecular weight excluding hydrogens is 328 g/mol. The van der Waals surface area contributed by atoms with Crippen molar-refractivity contribution >= 4 is 5.96 Å². The van der Waals surface area contributed by atoms with Crippen LogP contribution in [0.25, 0.3) is 0 Å². The van der Waals surface area contributed by atoms with Crippen LogP contribution in [-0.2, 0) is 4.74 Å². The van der Waals surface area contributed by atoms with Crippen LogP contribution in [0.3, 0.4) is 0 Å². The summed E-state index contributed by atoms with van der Waals surface area (Å²) in [5, 5.41) is 6.79. The predicted octanol–water partition coefficient (Wildman–Crippen LogP) is 2.04. The van der Waals surface area contributed by atoms with Crippen LogP contribution < -0.4 is 15.4 Å². The molecule has 1 heterocycles. The number of morpholine rings is 1. The van der Waals surface area contributed by atoms with Crippen molar-refractivity contribution in [3.8, 4) is 5.75 Å². The number of aliphatic imine (C=N–C) groups is 1. The second kappa shape index (κ2) is 9.78. The first kappa shape index (κ1) is 20.5. The average Bonchev–Trinajstić information content (AvgIpc) is 2.64. The summed E-state index contributed by atoms with van der Waals surface area (Å²) in [5.74, 6) is 1.73. The molecular formula is C20H34N4O2. The Hall–Kier alpha value is -1.79. The van der Waals surface area contributed by atoms with Crippen molar-refractivity contribution in [3.63, 3.8) is 0 Å². The third kappa shape index (κ3) is 6.18. The summed E-state index contributed by atoms with van der Waals surface area (Å²) in [6.45, 7) is 13.7. The Morgan fingerprint density at radius 3 is 2.62 bits per heavy atom. The first-order chi connectivity index (χ1) is 12.4. The number of benzene rings is 1. The molecule has 0 bridgehead atoms. The SMILES string of the molecule is CN=C(NCC(C)Oc1ccccc1C)NCC(C)(C)N1CCOCC1. The van der Waals surface area contributed by atoms with Crippen LogP contribution in [0.4, 0.5) is 0 Å². The second-order valence-electron chi connectivity index (χ2n) is 7.41. The van der Waals surface area contributed by atoms with Crippen LogP contribution in [0.1, 0.15) is 26.3 Å². The minimum absolute atomic E-state index is 0.0434. The lowest BCUT2D eigenvalue weighted by Gasteiger charge is -2.41. The van der Waals surface area contributed by atoms with Gasteiger partial charge in [0.25, 0.3) is 0 Å². The van der Waals surface area contributed by atoms with Crippen molar-refractivity contribution < 1.29 is 9.47 Å². The molecule has 0 saturated carbocycles. The van der Waals surface area contributed by atoms with Gasteiger partial charge >= 0.3 is 0 Å². The lowest BCUT2D eigenvalue weighted by molar-refractivity contribution is -0.00834. The van der Waals surface area contributed by atoms with Crippen molar-refractivity contribution in [2.45, 2.75) is 39.3 Å². The third-order valence-electron chi connectivity index (χ3n) is 4.76. The normalized spacial score (nSPS) is 17.7. The Morgan fingerprint density at radius 1 is 1.27 bits per heavy atom. The summed E-state index contributed by atoms with van der Waals surface area (Å²) in [5.41, 5.74) is 1.19. The standard InChI is InChI=1S/C20H34N4O2/c1-16-8-6-7-9-18(16)26-17(2)14-22-19(21-5)23-15-20(3,4)24-10-12-25-13-11-24/h6-9,17H,10-15H2,1-5H3,(H2,21,22,23). The molecule has 0 radical (unpaired) electrons. The number of para-hydroxylation sites is 1. The van der Waals surface area contributed by atoms with Gasteiger partial charge in [0, 0.05) is 32.2 Å². The highest BCUT2D eigenvalue weighted by Gasteiger charge is 2.28. The Kier molecular flexibility index (Phi) is 7.72. The largest absolute Gasteiger partial charge is 0.489 e. The zero-order valence-corrected chi connectivity index (χ0v) is 16.8. The molecule has 1 saturated heterocycles. The fraction of sp³-hybridized carbons (Fsp3) is 0.650. The maximum Gasteiger partial charge on any atom is 0.191 e. The van der Waals surface area contributed by atoms with Crippen molar-refractivity contribution in [1.29, 1.82) is 0 Å². The molecule has 6 heteroatoms. The monoisotopic (exact) mass is 362 g/mol. The maximum atomic E-state index is 6.01. The van der Waals surface area contributed by atoms with Crippen LogP contribution in [-0.4, -0.2) is 68.9 Å². The van der Waals surface area contributed by atoms with Crippen LogP contribution in [0, 0.1) is 6.92 Å². The molecule has 1 unspecified atom stereocenters. The zero-order chi connectivity index (χ0) is 19.0. The number of hydrogen-bond donors (Lipinski definition) is 2. The Labute approximate surface area is 158 Å². The molecule has 1 aromatic carbocycles. The Bertz CT molecular complexity index is 583. The number of guanidine groups is 1. The molecule has 26 heavy (non-hydrogen) atoms. The van der Waals surface area contributed by atoms with Crippen molar-refractivity contribution in [2.24, 2.45) is 4.99 Å².